The number of rotatable bonds is 1. The molecule has 2 nitrogen and oxygen atoms in total. The Balaban J connectivity index is 2.09. The SMILES string of the molecule is O=C1C=C(c2ccc(O)c(F)c2F)C2CCCC12. The van der Waals surface area contributed by atoms with E-state index >= 15 is 0 Å². The Bertz CT molecular complexity index is 563. The van der Waals surface area contributed by atoms with Crippen molar-refractivity contribution in [2.24, 2.45) is 11.8 Å². The second-order valence-electron chi connectivity index (χ2n) is 4.91. The van der Waals surface area contributed by atoms with Crippen molar-refractivity contribution in [1.82, 2.24) is 0 Å². The van der Waals surface area contributed by atoms with Crippen LogP contribution in [0, 0.1) is 23.5 Å². The molecule has 2 atom stereocenters. The van der Waals surface area contributed by atoms with Gasteiger partial charge in [-0.3, -0.25) is 4.79 Å². The highest BCUT2D eigenvalue weighted by Gasteiger charge is 2.40. The molecule has 1 saturated carbocycles. The van der Waals surface area contributed by atoms with Crippen molar-refractivity contribution in [3.63, 3.8) is 0 Å². The van der Waals surface area contributed by atoms with E-state index in [9.17, 15) is 13.6 Å². The van der Waals surface area contributed by atoms with Gasteiger partial charge in [-0.2, -0.15) is 4.39 Å². The van der Waals surface area contributed by atoms with Crippen LogP contribution in [-0.4, -0.2) is 10.9 Å². The maximum atomic E-state index is 13.8. The fourth-order valence-corrected chi connectivity index (χ4v) is 3.08. The van der Waals surface area contributed by atoms with Gasteiger partial charge >= 0.3 is 0 Å². The van der Waals surface area contributed by atoms with Crippen LogP contribution >= 0.6 is 0 Å². The molecule has 94 valence electrons. The summed E-state index contributed by atoms with van der Waals surface area (Å²) >= 11 is 0. The lowest BCUT2D eigenvalue weighted by Crippen LogP contribution is -2.10. The van der Waals surface area contributed by atoms with E-state index < -0.39 is 17.4 Å². The van der Waals surface area contributed by atoms with Gasteiger partial charge in [0.15, 0.2) is 17.3 Å². The highest BCUT2D eigenvalue weighted by molar-refractivity contribution is 6.04. The monoisotopic (exact) mass is 250 g/mol. The van der Waals surface area contributed by atoms with Crippen molar-refractivity contribution in [2.45, 2.75) is 19.3 Å². The summed E-state index contributed by atoms with van der Waals surface area (Å²) < 4.78 is 27.2. The molecule has 1 fully saturated rings. The minimum atomic E-state index is -1.25. The molecule has 1 aromatic rings. The Morgan fingerprint density at radius 2 is 1.83 bits per heavy atom. The molecular formula is C14H12F2O2. The molecule has 2 aliphatic rings. The van der Waals surface area contributed by atoms with Crippen LogP contribution in [0.15, 0.2) is 18.2 Å². The Labute approximate surface area is 103 Å². The largest absolute Gasteiger partial charge is 0.505 e. The molecule has 0 saturated heterocycles. The number of phenolic OH excluding ortho intramolecular Hbond substituents is 1. The van der Waals surface area contributed by atoms with Crippen LogP contribution in [0.2, 0.25) is 0 Å². The van der Waals surface area contributed by atoms with Crippen LogP contribution in [0.25, 0.3) is 5.57 Å². The van der Waals surface area contributed by atoms with Crippen LogP contribution in [-0.2, 0) is 4.79 Å². The van der Waals surface area contributed by atoms with Crippen molar-refractivity contribution in [2.75, 3.05) is 0 Å². The van der Waals surface area contributed by atoms with Crippen LogP contribution in [0.1, 0.15) is 24.8 Å². The van der Waals surface area contributed by atoms with Gasteiger partial charge in [-0.15, -0.1) is 0 Å². The molecule has 0 radical (unpaired) electrons. The molecule has 1 N–H and O–H groups in total. The summed E-state index contributed by atoms with van der Waals surface area (Å²) in [4.78, 5) is 11.8. The Morgan fingerprint density at radius 1 is 1.11 bits per heavy atom. The second-order valence-corrected chi connectivity index (χ2v) is 4.91. The van der Waals surface area contributed by atoms with E-state index in [1.807, 2.05) is 0 Å². The van der Waals surface area contributed by atoms with Crippen molar-refractivity contribution in [3.8, 4) is 5.75 Å². The predicted octanol–water partition coefficient (Wildman–Crippen LogP) is 3.05. The van der Waals surface area contributed by atoms with Crippen molar-refractivity contribution < 1.29 is 18.7 Å². The molecule has 4 heteroatoms. The Kier molecular flexibility index (Phi) is 2.47. The van der Waals surface area contributed by atoms with Gasteiger partial charge in [0.25, 0.3) is 0 Å². The van der Waals surface area contributed by atoms with Gasteiger partial charge in [-0.1, -0.05) is 6.42 Å². The molecule has 1 aromatic carbocycles. The maximum absolute atomic E-state index is 13.8. The summed E-state index contributed by atoms with van der Waals surface area (Å²) in [6, 6.07) is 2.47. The van der Waals surface area contributed by atoms with Gasteiger partial charge < -0.3 is 5.11 Å². The molecule has 3 rings (SSSR count). The third-order valence-electron chi connectivity index (χ3n) is 3.95. The summed E-state index contributed by atoms with van der Waals surface area (Å²) in [5.41, 5.74) is 0.687. The average Bonchev–Trinajstić information content (AvgIpc) is 2.92. The number of aromatic hydroxyl groups is 1. The summed E-state index contributed by atoms with van der Waals surface area (Å²) in [6.07, 6.45) is 4.04. The number of ketones is 1. The fourth-order valence-electron chi connectivity index (χ4n) is 3.08. The normalized spacial score (nSPS) is 26.3. The van der Waals surface area contributed by atoms with Crippen molar-refractivity contribution >= 4 is 11.4 Å². The van der Waals surface area contributed by atoms with Crippen molar-refractivity contribution in [1.29, 1.82) is 0 Å². The number of halogens is 2. The standard InChI is InChI=1S/C14H12F2O2/c15-13-9(4-5-11(17)14(13)16)10-6-12(18)8-3-1-2-7(8)10/h4-8,17H,1-3H2. The topological polar surface area (TPSA) is 37.3 Å². The molecule has 0 aromatic heterocycles. The minimum absolute atomic E-state index is 0.0101. The van der Waals surface area contributed by atoms with E-state index in [1.54, 1.807) is 0 Å². The molecule has 0 aliphatic heterocycles. The quantitative estimate of drug-likeness (QED) is 0.831. The smallest absolute Gasteiger partial charge is 0.200 e. The number of fused-ring (bicyclic) bond motifs is 1. The second kappa shape index (κ2) is 3.90. The molecule has 18 heavy (non-hydrogen) atoms. The number of carbonyl (C=O) groups is 1. The van der Waals surface area contributed by atoms with Gasteiger partial charge in [-0.05, 0) is 42.5 Å². The van der Waals surface area contributed by atoms with E-state index in [4.69, 9.17) is 5.11 Å². The first-order valence-corrected chi connectivity index (χ1v) is 6.02. The molecule has 0 bridgehead atoms. The summed E-state index contributed by atoms with van der Waals surface area (Å²) in [5, 5.41) is 9.11. The van der Waals surface area contributed by atoms with Gasteiger partial charge in [0.05, 0.1) is 0 Å². The number of hydrogen-bond donors (Lipinski definition) is 1. The number of benzene rings is 1. The van der Waals surface area contributed by atoms with E-state index in [1.165, 1.54) is 12.1 Å². The average molecular weight is 250 g/mol. The Morgan fingerprint density at radius 3 is 2.61 bits per heavy atom. The number of carbonyl (C=O) groups excluding carboxylic acids is 1. The first kappa shape index (κ1) is 11.4. The van der Waals surface area contributed by atoms with Gasteiger partial charge in [0.2, 0.25) is 5.82 Å². The molecular weight excluding hydrogens is 238 g/mol. The highest BCUT2D eigenvalue weighted by atomic mass is 19.2. The zero-order chi connectivity index (χ0) is 12.9. The summed E-state index contributed by atoms with van der Waals surface area (Å²) in [6.45, 7) is 0. The molecule has 0 heterocycles. The molecule has 2 unspecified atom stereocenters. The maximum Gasteiger partial charge on any atom is 0.200 e. The first-order valence-electron chi connectivity index (χ1n) is 6.02. The van der Waals surface area contributed by atoms with Crippen molar-refractivity contribution in [3.05, 3.63) is 35.4 Å². The zero-order valence-electron chi connectivity index (χ0n) is 9.62. The highest BCUT2D eigenvalue weighted by Crippen LogP contribution is 2.47. The number of allylic oxidation sites excluding steroid dienone is 2. The number of phenols is 1. The van der Waals surface area contributed by atoms with Crippen LogP contribution < -0.4 is 0 Å². The summed E-state index contributed by atoms with van der Waals surface area (Å²) in [5.74, 6) is -3.05. The van der Waals surface area contributed by atoms with E-state index in [0.717, 1.165) is 25.3 Å². The molecule has 2 aliphatic carbocycles. The third-order valence-corrected chi connectivity index (χ3v) is 3.95. The lowest BCUT2D eigenvalue weighted by molar-refractivity contribution is -0.117. The van der Waals surface area contributed by atoms with E-state index in [-0.39, 0.29) is 23.2 Å². The van der Waals surface area contributed by atoms with Crippen LogP contribution in [0.5, 0.6) is 5.75 Å². The zero-order valence-corrected chi connectivity index (χ0v) is 9.62. The fraction of sp³-hybridized carbons (Fsp3) is 0.357. The van der Waals surface area contributed by atoms with Crippen LogP contribution in [0.3, 0.4) is 0 Å². The predicted molar refractivity (Wildman–Crippen MR) is 61.8 cm³/mol. The number of hydrogen-bond acceptors (Lipinski definition) is 2. The Hall–Kier alpha value is -1.71. The minimum Gasteiger partial charge on any atom is -0.505 e. The van der Waals surface area contributed by atoms with E-state index in [0.29, 0.717) is 5.57 Å². The summed E-state index contributed by atoms with van der Waals surface area (Å²) in [7, 11) is 0. The lowest BCUT2D eigenvalue weighted by Gasteiger charge is -2.14. The van der Waals surface area contributed by atoms with Gasteiger partial charge in [0, 0.05) is 11.5 Å². The molecule has 0 spiro atoms. The van der Waals surface area contributed by atoms with E-state index in [2.05, 4.69) is 0 Å². The van der Waals surface area contributed by atoms with Gasteiger partial charge in [0.1, 0.15) is 0 Å². The van der Waals surface area contributed by atoms with Crippen LogP contribution in [0.4, 0.5) is 8.78 Å². The van der Waals surface area contributed by atoms with Gasteiger partial charge in [-0.25, -0.2) is 4.39 Å². The first-order chi connectivity index (χ1) is 8.59. The molecule has 0 amide bonds. The third kappa shape index (κ3) is 1.48. The lowest BCUT2D eigenvalue weighted by atomic mass is 9.90.